The smallest absolute Gasteiger partial charge is 0.389 e. The van der Waals surface area contributed by atoms with Crippen LogP contribution in [0.4, 0.5) is 13.2 Å². The molecule has 1 aliphatic heterocycles. The van der Waals surface area contributed by atoms with E-state index in [0.29, 0.717) is 19.5 Å². The number of carboxylic acids is 1. The van der Waals surface area contributed by atoms with E-state index in [1.807, 2.05) is 45.0 Å². The summed E-state index contributed by atoms with van der Waals surface area (Å²) >= 11 is 0. The molecule has 3 nitrogen and oxygen atoms in total. The number of piperidine rings is 1. The van der Waals surface area contributed by atoms with Gasteiger partial charge in [0.15, 0.2) is 0 Å². The Morgan fingerprint density at radius 2 is 1.71 bits per heavy atom. The lowest BCUT2D eigenvalue weighted by Crippen LogP contribution is -2.38. The topological polar surface area (TPSA) is 40.5 Å². The van der Waals surface area contributed by atoms with E-state index < -0.39 is 18.6 Å². The van der Waals surface area contributed by atoms with E-state index in [9.17, 15) is 18.0 Å². The molecule has 2 fully saturated rings. The maximum Gasteiger partial charge on any atom is 0.389 e. The van der Waals surface area contributed by atoms with Crippen molar-refractivity contribution in [3.05, 3.63) is 35.4 Å². The minimum atomic E-state index is -4.12. The van der Waals surface area contributed by atoms with Crippen LogP contribution in [0.15, 0.2) is 24.3 Å². The van der Waals surface area contributed by atoms with Gasteiger partial charge >= 0.3 is 12.1 Å². The van der Waals surface area contributed by atoms with Crippen molar-refractivity contribution >= 4 is 5.97 Å². The van der Waals surface area contributed by atoms with Crippen molar-refractivity contribution in [2.45, 2.75) is 91.3 Å². The fraction of sp³-hybridized carbons (Fsp3) is 0.720. The predicted molar refractivity (Wildman–Crippen MR) is 120 cm³/mol. The largest absolute Gasteiger partial charge is 0.481 e. The second-order valence-electron chi connectivity index (χ2n) is 8.52. The Morgan fingerprint density at radius 3 is 2.16 bits per heavy atom. The van der Waals surface area contributed by atoms with Gasteiger partial charge in [0.1, 0.15) is 0 Å². The first-order chi connectivity index (χ1) is 14.7. The van der Waals surface area contributed by atoms with Crippen LogP contribution in [0.1, 0.15) is 89.3 Å². The molecule has 2 aliphatic rings. The average Bonchev–Trinajstić information content (AvgIpc) is 3.55. The molecule has 178 valence electrons. The summed E-state index contributed by atoms with van der Waals surface area (Å²) in [6.07, 6.45) is 1.15. The number of benzene rings is 1. The Kier molecular flexibility index (Phi) is 12.2. The van der Waals surface area contributed by atoms with Gasteiger partial charge in [0.2, 0.25) is 0 Å². The van der Waals surface area contributed by atoms with Crippen molar-refractivity contribution in [1.29, 1.82) is 0 Å². The summed E-state index contributed by atoms with van der Waals surface area (Å²) in [6, 6.07) is 7.98. The van der Waals surface area contributed by atoms with E-state index >= 15 is 0 Å². The number of hydrogen-bond donors (Lipinski definition) is 1. The summed E-state index contributed by atoms with van der Waals surface area (Å²) in [6.45, 7) is 9.28. The van der Waals surface area contributed by atoms with E-state index in [1.54, 1.807) is 0 Å². The number of halogens is 3. The summed E-state index contributed by atoms with van der Waals surface area (Å²) in [5.74, 6) is 0.399. The number of nitrogens with zero attached hydrogens (tertiary/aromatic N) is 1. The molecule has 0 radical (unpaired) electrons. The molecule has 1 saturated carbocycles. The van der Waals surface area contributed by atoms with Crippen LogP contribution in [0.2, 0.25) is 0 Å². The molecule has 3 rings (SSSR count). The summed E-state index contributed by atoms with van der Waals surface area (Å²) in [5, 5.41) is 9.02. The lowest BCUT2D eigenvalue weighted by molar-refractivity contribution is -0.140. The molecule has 31 heavy (non-hydrogen) atoms. The SMILES string of the molecule is CC.CCC1CC1.Cc1ccc(C2CC(CC(=O)O)CCN2CCCC(F)(F)F)cc1. The van der Waals surface area contributed by atoms with Crippen LogP contribution >= 0.6 is 0 Å². The fourth-order valence-electron chi connectivity index (χ4n) is 3.93. The lowest BCUT2D eigenvalue weighted by Gasteiger charge is -2.39. The van der Waals surface area contributed by atoms with Crippen LogP contribution in [0.5, 0.6) is 0 Å². The Labute approximate surface area is 186 Å². The van der Waals surface area contributed by atoms with Gasteiger partial charge in [-0.25, -0.2) is 0 Å². The molecule has 1 saturated heterocycles. The molecular weight excluding hydrogens is 403 g/mol. The summed E-state index contributed by atoms with van der Waals surface area (Å²) in [5.41, 5.74) is 2.18. The number of alkyl halides is 3. The van der Waals surface area contributed by atoms with E-state index in [2.05, 4.69) is 11.8 Å². The number of aryl methyl sites for hydroxylation is 1. The molecular formula is C25H40F3NO2. The number of rotatable bonds is 7. The number of likely N-dealkylation sites (tertiary alicyclic amines) is 1. The van der Waals surface area contributed by atoms with E-state index in [0.717, 1.165) is 23.5 Å². The van der Waals surface area contributed by atoms with Crippen molar-refractivity contribution in [2.75, 3.05) is 13.1 Å². The van der Waals surface area contributed by atoms with Crippen LogP contribution in [0.25, 0.3) is 0 Å². The van der Waals surface area contributed by atoms with Crippen molar-refractivity contribution in [3.8, 4) is 0 Å². The third kappa shape index (κ3) is 11.6. The highest BCUT2D eigenvalue weighted by atomic mass is 19.4. The second-order valence-corrected chi connectivity index (χ2v) is 8.52. The highest BCUT2D eigenvalue weighted by Gasteiger charge is 2.32. The molecule has 1 aliphatic carbocycles. The zero-order chi connectivity index (χ0) is 23.4. The Bertz CT molecular complexity index is 627. The van der Waals surface area contributed by atoms with E-state index in [1.165, 1.54) is 19.3 Å². The van der Waals surface area contributed by atoms with Gasteiger partial charge in [-0.15, -0.1) is 0 Å². The first-order valence-electron chi connectivity index (χ1n) is 11.8. The second kappa shape index (κ2) is 13.8. The first-order valence-corrected chi connectivity index (χ1v) is 11.8. The lowest BCUT2D eigenvalue weighted by atomic mass is 9.85. The number of hydrogen-bond acceptors (Lipinski definition) is 2. The minimum absolute atomic E-state index is 0.00284. The Hall–Kier alpha value is -1.56. The van der Waals surface area contributed by atoms with Crippen LogP contribution in [-0.4, -0.2) is 35.2 Å². The Morgan fingerprint density at radius 1 is 1.10 bits per heavy atom. The van der Waals surface area contributed by atoms with Crippen LogP contribution < -0.4 is 0 Å². The minimum Gasteiger partial charge on any atom is -0.481 e. The van der Waals surface area contributed by atoms with Crippen molar-refractivity contribution in [3.63, 3.8) is 0 Å². The highest BCUT2D eigenvalue weighted by Crippen LogP contribution is 2.36. The standard InChI is InChI=1S/C18H24F3NO2.C5H10.C2H6/c1-13-3-5-15(6-4-13)16-11-14(12-17(23)24)7-10-22(16)9-2-8-18(19,20)21;1-2-5-3-4-5;1-2/h3-6,14,16H,2,7-12H2,1H3,(H,23,24);5H,2-4H2,1H3;1-2H3. The molecule has 0 aromatic heterocycles. The maximum atomic E-state index is 12.4. The summed E-state index contributed by atoms with van der Waals surface area (Å²) in [7, 11) is 0. The molecule has 2 unspecified atom stereocenters. The number of aliphatic carboxylic acids is 1. The molecule has 0 bridgehead atoms. The van der Waals surface area contributed by atoms with Gasteiger partial charge < -0.3 is 5.11 Å². The van der Waals surface area contributed by atoms with E-state index in [-0.39, 0.29) is 24.8 Å². The summed E-state index contributed by atoms with van der Waals surface area (Å²) < 4.78 is 37.2. The molecule has 6 heteroatoms. The molecule has 1 aromatic rings. The number of carboxylic acid groups (broad SMARTS) is 1. The zero-order valence-electron chi connectivity index (χ0n) is 19.5. The van der Waals surface area contributed by atoms with E-state index in [4.69, 9.17) is 5.11 Å². The highest BCUT2D eigenvalue weighted by molar-refractivity contribution is 5.67. The van der Waals surface area contributed by atoms with Crippen molar-refractivity contribution in [2.24, 2.45) is 11.8 Å². The zero-order valence-corrected chi connectivity index (χ0v) is 19.5. The van der Waals surface area contributed by atoms with Crippen molar-refractivity contribution < 1.29 is 23.1 Å². The molecule has 1 N–H and O–H groups in total. The third-order valence-electron chi connectivity index (χ3n) is 5.93. The molecule has 1 heterocycles. The summed E-state index contributed by atoms with van der Waals surface area (Å²) in [4.78, 5) is 13.1. The van der Waals surface area contributed by atoms with Gasteiger partial charge in [-0.2, -0.15) is 13.2 Å². The van der Waals surface area contributed by atoms with Gasteiger partial charge in [0, 0.05) is 18.9 Å². The quantitative estimate of drug-likeness (QED) is 0.477. The fourth-order valence-corrected chi connectivity index (χ4v) is 3.93. The maximum absolute atomic E-state index is 12.4. The normalized spacial score (nSPS) is 21.4. The monoisotopic (exact) mass is 443 g/mol. The number of carbonyl (C=O) groups is 1. The van der Waals surface area contributed by atoms with Crippen LogP contribution in [0.3, 0.4) is 0 Å². The third-order valence-corrected chi connectivity index (χ3v) is 5.93. The molecule has 0 spiro atoms. The van der Waals surface area contributed by atoms with Crippen molar-refractivity contribution in [1.82, 2.24) is 4.90 Å². The molecule has 2 atom stereocenters. The van der Waals surface area contributed by atoms with Gasteiger partial charge in [-0.05, 0) is 56.7 Å². The van der Waals surface area contributed by atoms with Gasteiger partial charge in [-0.1, -0.05) is 69.9 Å². The average molecular weight is 444 g/mol. The molecule has 1 aromatic carbocycles. The van der Waals surface area contributed by atoms with Gasteiger partial charge in [0.25, 0.3) is 0 Å². The first kappa shape index (κ1) is 27.5. The Balaban J connectivity index is 0.000000589. The molecule has 0 amide bonds. The van der Waals surface area contributed by atoms with Crippen LogP contribution in [-0.2, 0) is 4.79 Å². The van der Waals surface area contributed by atoms with Gasteiger partial charge in [0.05, 0.1) is 0 Å². The predicted octanol–water partition coefficient (Wildman–Crippen LogP) is 7.40. The van der Waals surface area contributed by atoms with Crippen LogP contribution in [0, 0.1) is 18.8 Å². The van der Waals surface area contributed by atoms with Gasteiger partial charge in [-0.3, -0.25) is 9.69 Å².